The molecule has 0 atom stereocenters. The summed E-state index contributed by atoms with van der Waals surface area (Å²) in [6.07, 6.45) is 2.02. The Morgan fingerprint density at radius 1 is 1.10 bits per heavy atom. The Morgan fingerprint density at radius 2 is 1.83 bits per heavy atom. The second kappa shape index (κ2) is 9.89. The summed E-state index contributed by atoms with van der Waals surface area (Å²) < 4.78 is 10.7. The minimum Gasteiger partial charge on any atom is -0.456 e. The van der Waals surface area contributed by atoms with Gasteiger partial charge < -0.3 is 14.5 Å². The lowest BCUT2D eigenvalue weighted by Crippen LogP contribution is -2.28. The van der Waals surface area contributed by atoms with Crippen molar-refractivity contribution in [2.45, 2.75) is 26.3 Å². The summed E-state index contributed by atoms with van der Waals surface area (Å²) in [7, 11) is 0. The molecule has 0 radical (unpaired) electrons. The lowest BCUT2D eigenvalue weighted by molar-refractivity contribution is -0.148. The Balaban J connectivity index is 1.38. The van der Waals surface area contributed by atoms with Gasteiger partial charge in [0.25, 0.3) is 5.91 Å². The zero-order valence-corrected chi connectivity index (χ0v) is 16.7. The normalized spacial score (nSPS) is 10.6. The van der Waals surface area contributed by atoms with E-state index in [9.17, 15) is 9.59 Å². The Labute approximate surface area is 173 Å². The number of nitrogens with zero attached hydrogens (tertiary/aromatic N) is 1. The quantitative estimate of drug-likeness (QED) is 0.563. The van der Waals surface area contributed by atoms with Crippen LogP contribution in [0.3, 0.4) is 0 Å². The number of esters is 1. The van der Waals surface area contributed by atoms with Crippen molar-refractivity contribution >= 4 is 23.5 Å². The van der Waals surface area contributed by atoms with Crippen molar-refractivity contribution in [2.75, 3.05) is 6.61 Å². The van der Waals surface area contributed by atoms with Gasteiger partial charge in [-0.1, -0.05) is 53.6 Å². The summed E-state index contributed by atoms with van der Waals surface area (Å²) in [5, 5.41) is 3.31. The average Bonchev–Trinajstić information content (AvgIpc) is 3.20. The number of amides is 1. The third kappa shape index (κ3) is 6.47. The van der Waals surface area contributed by atoms with E-state index >= 15 is 0 Å². The number of aromatic nitrogens is 1. The molecule has 0 saturated carbocycles. The van der Waals surface area contributed by atoms with Crippen molar-refractivity contribution in [2.24, 2.45) is 0 Å². The van der Waals surface area contributed by atoms with Crippen LogP contribution in [0.25, 0.3) is 11.3 Å². The highest BCUT2D eigenvalue weighted by atomic mass is 35.5. The summed E-state index contributed by atoms with van der Waals surface area (Å²) >= 11 is 5.82. The van der Waals surface area contributed by atoms with Gasteiger partial charge in [-0.3, -0.25) is 9.59 Å². The third-order valence-electron chi connectivity index (χ3n) is 4.20. The monoisotopic (exact) mass is 412 g/mol. The van der Waals surface area contributed by atoms with Crippen LogP contribution < -0.4 is 5.32 Å². The van der Waals surface area contributed by atoms with Crippen molar-refractivity contribution in [3.63, 3.8) is 0 Å². The SMILES string of the molecule is Cc1ccc(-c2cnc(CCC(=O)OCC(=O)NCc3ccc(Cl)cc3)o2)cc1. The van der Waals surface area contributed by atoms with Crippen molar-refractivity contribution < 1.29 is 18.7 Å². The zero-order chi connectivity index (χ0) is 20.6. The maximum Gasteiger partial charge on any atom is 0.306 e. The van der Waals surface area contributed by atoms with Crippen LogP contribution in [0.5, 0.6) is 0 Å². The number of benzene rings is 2. The van der Waals surface area contributed by atoms with Gasteiger partial charge in [-0.2, -0.15) is 0 Å². The van der Waals surface area contributed by atoms with Crippen LogP contribution in [-0.4, -0.2) is 23.5 Å². The summed E-state index contributed by atoms with van der Waals surface area (Å²) in [5.74, 6) is 0.243. The van der Waals surface area contributed by atoms with Crippen molar-refractivity contribution in [1.82, 2.24) is 10.3 Å². The number of rotatable bonds is 8. The van der Waals surface area contributed by atoms with Crippen LogP contribution in [-0.2, 0) is 27.3 Å². The highest BCUT2D eigenvalue weighted by molar-refractivity contribution is 6.30. The number of hydrogen-bond acceptors (Lipinski definition) is 5. The zero-order valence-electron chi connectivity index (χ0n) is 16.0. The highest BCUT2D eigenvalue weighted by Gasteiger charge is 2.11. The fourth-order valence-electron chi connectivity index (χ4n) is 2.56. The molecule has 6 nitrogen and oxygen atoms in total. The molecule has 1 heterocycles. The van der Waals surface area contributed by atoms with Gasteiger partial charge in [0, 0.05) is 23.6 Å². The number of ether oxygens (including phenoxy) is 1. The van der Waals surface area contributed by atoms with E-state index in [1.54, 1.807) is 18.3 Å². The number of oxazole rings is 1. The molecule has 1 N–H and O–H groups in total. The molecule has 3 aromatic rings. The van der Waals surface area contributed by atoms with E-state index in [2.05, 4.69) is 10.3 Å². The minimum absolute atomic E-state index is 0.0817. The van der Waals surface area contributed by atoms with Gasteiger partial charge in [0.15, 0.2) is 18.3 Å². The van der Waals surface area contributed by atoms with Gasteiger partial charge in [-0.15, -0.1) is 0 Å². The molecule has 0 saturated heterocycles. The molecule has 29 heavy (non-hydrogen) atoms. The first-order valence-electron chi connectivity index (χ1n) is 9.18. The Morgan fingerprint density at radius 3 is 2.55 bits per heavy atom. The van der Waals surface area contributed by atoms with Gasteiger partial charge in [0.1, 0.15) is 0 Å². The number of carbonyl (C=O) groups is 2. The van der Waals surface area contributed by atoms with Gasteiger partial charge >= 0.3 is 5.97 Å². The summed E-state index contributed by atoms with van der Waals surface area (Å²) in [6.45, 7) is 2.03. The van der Waals surface area contributed by atoms with Gasteiger partial charge in [-0.05, 0) is 24.6 Å². The lowest BCUT2D eigenvalue weighted by atomic mass is 10.1. The van der Waals surface area contributed by atoms with E-state index in [0.29, 0.717) is 29.6 Å². The predicted octanol–water partition coefficient (Wildman–Crippen LogP) is 4.10. The molecule has 0 fully saturated rings. The van der Waals surface area contributed by atoms with Crippen LogP contribution in [0.1, 0.15) is 23.4 Å². The van der Waals surface area contributed by atoms with Crippen LogP contribution in [0.2, 0.25) is 5.02 Å². The van der Waals surface area contributed by atoms with Crippen LogP contribution in [0.15, 0.2) is 59.1 Å². The number of carbonyl (C=O) groups excluding carboxylic acids is 2. The summed E-state index contributed by atoms with van der Waals surface area (Å²) in [6, 6.07) is 15.0. The van der Waals surface area contributed by atoms with E-state index in [4.69, 9.17) is 20.8 Å². The first kappa shape index (κ1) is 20.6. The molecule has 0 spiro atoms. The minimum atomic E-state index is -0.485. The molecule has 2 aromatic carbocycles. The standard InChI is InChI=1S/C22H21ClN2O4/c1-15-2-6-17(7-3-15)19-13-25-21(29-19)10-11-22(27)28-14-20(26)24-12-16-4-8-18(23)9-5-16/h2-9,13H,10-12,14H2,1H3,(H,24,26). The van der Waals surface area contributed by atoms with Crippen molar-refractivity contribution in [1.29, 1.82) is 0 Å². The van der Waals surface area contributed by atoms with Crippen molar-refractivity contribution in [3.8, 4) is 11.3 Å². The Bertz CT molecular complexity index is 965. The van der Waals surface area contributed by atoms with E-state index < -0.39 is 5.97 Å². The number of aryl methyl sites for hydroxylation is 2. The van der Waals surface area contributed by atoms with E-state index in [0.717, 1.165) is 16.7 Å². The Kier molecular flexibility index (Phi) is 7.03. The smallest absolute Gasteiger partial charge is 0.306 e. The molecule has 0 aliphatic heterocycles. The van der Waals surface area contributed by atoms with E-state index in [1.165, 1.54) is 0 Å². The highest BCUT2D eigenvalue weighted by Crippen LogP contribution is 2.21. The van der Waals surface area contributed by atoms with E-state index in [-0.39, 0.29) is 18.9 Å². The van der Waals surface area contributed by atoms with Gasteiger partial charge in [0.05, 0.1) is 12.6 Å². The summed E-state index contributed by atoms with van der Waals surface area (Å²) in [4.78, 5) is 27.8. The van der Waals surface area contributed by atoms with Gasteiger partial charge in [0.2, 0.25) is 0 Å². The van der Waals surface area contributed by atoms with Gasteiger partial charge in [-0.25, -0.2) is 4.98 Å². The van der Waals surface area contributed by atoms with Crippen molar-refractivity contribution in [3.05, 3.63) is 76.8 Å². The second-order valence-corrected chi connectivity index (χ2v) is 6.98. The first-order chi connectivity index (χ1) is 14.0. The van der Waals surface area contributed by atoms with Crippen LogP contribution in [0, 0.1) is 6.92 Å². The molecule has 0 aliphatic carbocycles. The number of halogens is 1. The van der Waals surface area contributed by atoms with Crippen LogP contribution >= 0.6 is 11.6 Å². The Hall–Kier alpha value is -3.12. The van der Waals surface area contributed by atoms with E-state index in [1.807, 2.05) is 43.3 Å². The fraction of sp³-hybridized carbons (Fsp3) is 0.227. The second-order valence-electron chi connectivity index (χ2n) is 6.55. The molecule has 3 rings (SSSR count). The molecule has 0 unspecified atom stereocenters. The molecular formula is C22H21ClN2O4. The maximum atomic E-state index is 11.9. The molecule has 150 valence electrons. The molecule has 7 heteroatoms. The lowest BCUT2D eigenvalue weighted by Gasteiger charge is -2.06. The molecular weight excluding hydrogens is 392 g/mol. The number of nitrogens with one attached hydrogen (secondary N) is 1. The number of hydrogen-bond donors (Lipinski definition) is 1. The topological polar surface area (TPSA) is 81.4 Å². The maximum absolute atomic E-state index is 11.9. The predicted molar refractivity (Wildman–Crippen MR) is 109 cm³/mol. The third-order valence-corrected chi connectivity index (χ3v) is 4.45. The summed E-state index contributed by atoms with van der Waals surface area (Å²) in [5.41, 5.74) is 2.99. The fourth-order valence-corrected chi connectivity index (χ4v) is 2.68. The first-order valence-corrected chi connectivity index (χ1v) is 9.56. The molecule has 0 aliphatic rings. The largest absolute Gasteiger partial charge is 0.456 e. The van der Waals surface area contributed by atoms with Crippen LogP contribution in [0.4, 0.5) is 0 Å². The average molecular weight is 413 g/mol. The molecule has 0 bridgehead atoms. The molecule has 1 aromatic heterocycles. The molecule has 1 amide bonds.